The smallest absolute Gasteiger partial charge is 0.158 e. The van der Waals surface area contributed by atoms with E-state index in [-0.39, 0.29) is 5.15 Å². The van der Waals surface area contributed by atoms with Gasteiger partial charge in [-0.15, -0.1) is 0 Å². The fourth-order valence-corrected chi connectivity index (χ4v) is 1.87. The molecule has 0 spiro atoms. The van der Waals surface area contributed by atoms with Crippen LogP contribution in [0.5, 0.6) is 0 Å². The Morgan fingerprint density at radius 1 is 1.24 bits per heavy atom. The number of aromatic nitrogens is 2. The van der Waals surface area contributed by atoms with E-state index in [0.29, 0.717) is 16.5 Å². The van der Waals surface area contributed by atoms with Crippen LogP contribution < -0.4 is 11.1 Å². The summed E-state index contributed by atoms with van der Waals surface area (Å²) in [5, 5.41) is 3.83. The molecule has 1 aromatic carbocycles. The molecule has 0 aliphatic carbocycles. The second kappa shape index (κ2) is 5.08. The minimum atomic E-state index is 0.209. The zero-order chi connectivity index (χ0) is 12.4. The van der Waals surface area contributed by atoms with Crippen molar-refractivity contribution >= 4 is 56.3 Å². The van der Waals surface area contributed by atoms with Gasteiger partial charge in [0.25, 0.3) is 0 Å². The maximum atomic E-state index is 5.97. The maximum absolute atomic E-state index is 5.97. The molecule has 88 valence electrons. The Balaban J connectivity index is 2.38. The van der Waals surface area contributed by atoms with Crippen LogP contribution in [0.1, 0.15) is 0 Å². The molecular formula is C10H7BrCl2N4. The van der Waals surface area contributed by atoms with Crippen molar-refractivity contribution in [2.45, 2.75) is 0 Å². The van der Waals surface area contributed by atoms with Crippen LogP contribution in [0.25, 0.3) is 0 Å². The molecule has 0 saturated heterocycles. The Hall–Kier alpha value is -1.04. The quantitative estimate of drug-likeness (QED) is 0.819. The summed E-state index contributed by atoms with van der Waals surface area (Å²) in [4.78, 5) is 7.78. The highest BCUT2D eigenvalue weighted by molar-refractivity contribution is 9.10. The van der Waals surface area contributed by atoms with E-state index in [2.05, 4.69) is 31.2 Å². The molecule has 7 heteroatoms. The third kappa shape index (κ3) is 2.62. The molecular weight excluding hydrogens is 327 g/mol. The highest BCUT2D eigenvalue weighted by Gasteiger charge is 2.09. The molecule has 0 radical (unpaired) electrons. The van der Waals surface area contributed by atoms with Crippen LogP contribution in [0.15, 0.2) is 29.0 Å². The zero-order valence-corrected chi connectivity index (χ0v) is 11.5. The number of nitrogens with zero attached hydrogens (tertiary/aromatic N) is 2. The molecule has 0 aliphatic rings. The van der Waals surface area contributed by atoms with Crippen molar-refractivity contribution in [3.63, 3.8) is 0 Å². The highest BCUT2D eigenvalue weighted by Crippen LogP contribution is 2.33. The third-order valence-corrected chi connectivity index (χ3v) is 3.74. The number of nitrogens with two attached hydrogens (primary N) is 1. The van der Waals surface area contributed by atoms with Crippen LogP contribution in [0.3, 0.4) is 0 Å². The molecule has 17 heavy (non-hydrogen) atoms. The molecule has 1 heterocycles. The number of rotatable bonds is 2. The second-order valence-corrected chi connectivity index (χ2v) is 4.71. The molecule has 1 aromatic heterocycles. The number of hydrogen-bond acceptors (Lipinski definition) is 4. The van der Waals surface area contributed by atoms with E-state index in [9.17, 15) is 0 Å². The molecule has 0 saturated carbocycles. The van der Waals surface area contributed by atoms with Crippen molar-refractivity contribution in [3.05, 3.63) is 39.2 Å². The van der Waals surface area contributed by atoms with Gasteiger partial charge < -0.3 is 11.1 Å². The van der Waals surface area contributed by atoms with Gasteiger partial charge in [-0.25, -0.2) is 9.97 Å². The van der Waals surface area contributed by atoms with E-state index in [4.69, 9.17) is 28.9 Å². The number of anilines is 3. The van der Waals surface area contributed by atoms with Gasteiger partial charge >= 0.3 is 0 Å². The molecule has 0 amide bonds. The number of hydrogen-bond donors (Lipinski definition) is 2. The number of benzene rings is 1. The van der Waals surface area contributed by atoms with Crippen LogP contribution in [0.2, 0.25) is 10.2 Å². The summed E-state index contributed by atoms with van der Waals surface area (Å²) in [5.41, 5.74) is 6.79. The minimum absolute atomic E-state index is 0.209. The molecule has 3 N–H and O–H groups in total. The van der Waals surface area contributed by atoms with E-state index < -0.39 is 0 Å². The van der Waals surface area contributed by atoms with Gasteiger partial charge in [-0.1, -0.05) is 29.3 Å². The Morgan fingerprint density at radius 3 is 2.76 bits per heavy atom. The van der Waals surface area contributed by atoms with Crippen molar-refractivity contribution in [2.24, 2.45) is 0 Å². The summed E-state index contributed by atoms with van der Waals surface area (Å²) in [7, 11) is 0. The van der Waals surface area contributed by atoms with E-state index >= 15 is 0 Å². The van der Waals surface area contributed by atoms with Gasteiger partial charge in [-0.05, 0) is 28.1 Å². The average molecular weight is 334 g/mol. The lowest BCUT2D eigenvalue weighted by atomic mass is 10.3. The lowest BCUT2D eigenvalue weighted by molar-refractivity contribution is 1.17. The van der Waals surface area contributed by atoms with Crippen molar-refractivity contribution in [1.82, 2.24) is 9.97 Å². The van der Waals surface area contributed by atoms with E-state index in [0.717, 1.165) is 10.2 Å². The fourth-order valence-electron chi connectivity index (χ4n) is 1.20. The first-order valence-corrected chi connectivity index (χ1v) is 6.11. The molecule has 0 fully saturated rings. The van der Waals surface area contributed by atoms with Gasteiger partial charge in [0.2, 0.25) is 0 Å². The third-order valence-electron chi connectivity index (χ3n) is 2.04. The molecule has 0 aliphatic heterocycles. The van der Waals surface area contributed by atoms with Gasteiger partial charge in [0.15, 0.2) is 11.0 Å². The minimum Gasteiger partial charge on any atom is -0.393 e. The summed E-state index contributed by atoms with van der Waals surface area (Å²) in [6.45, 7) is 0. The Morgan fingerprint density at radius 2 is 2.00 bits per heavy atom. The summed E-state index contributed by atoms with van der Waals surface area (Å²) >= 11 is 15.1. The van der Waals surface area contributed by atoms with Crippen LogP contribution in [0, 0.1) is 0 Å². The van der Waals surface area contributed by atoms with Gasteiger partial charge in [-0.2, -0.15) is 0 Å². The van der Waals surface area contributed by atoms with Crippen molar-refractivity contribution in [2.75, 3.05) is 11.1 Å². The fraction of sp³-hybridized carbons (Fsp3) is 0. The lowest BCUT2D eigenvalue weighted by Gasteiger charge is -2.10. The number of nitrogens with one attached hydrogen (secondary N) is 1. The van der Waals surface area contributed by atoms with Crippen LogP contribution in [0.4, 0.5) is 17.2 Å². The first-order chi connectivity index (χ1) is 8.09. The highest BCUT2D eigenvalue weighted by atomic mass is 79.9. The van der Waals surface area contributed by atoms with Gasteiger partial charge in [-0.3, -0.25) is 0 Å². The number of halogens is 3. The maximum Gasteiger partial charge on any atom is 0.158 e. The monoisotopic (exact) mass is 332 g/mol. The van der Waals surface area contributed by atoms with Crippen molar-refractivity contribution < 1.29 is 0 Å². The summed E-state index contributed by atoms with van der Waals surface area (Å²) in [6.07, 6.45) is 1.33. The largest absolute Gasteiger partial charge is 0.393 e. The van der Waals surface area contributed by atoms with Gasteiger partial charge in [0.1, 0.15) is 12.0 Å². The lowest BCUT2D eigenvalue weighted by Crippen LogP contribution is -2.01. The zero-order valence-electron chi connectivity index (χ0n) is 8.42. The van der Waals surface area contributed by atoms with E-state index in [1.54, 1.807) is 6.07 Å². The van der Waals surface area contributed by atoms with Crippen molar-refractivity contribution in [1.29, 1.82) is 0 Å². The molecule has 0 atom stereocenters. The van der Waals surface area contributed by atoms with Crippen LogP contribution in [-0.4, -0.2) is 9.97 Å². The van der Waals surface area contributed by atoms with Crippen LogP contribution in [-0.2, 0) is 0 Å². The van der Waals surface area contributed by atoms with E-state index in [1.165, 1.54) is 6.33 Å². The average Bonchev–Trinajstić information content (AvgIpc) is 2.31. The molecule has 4 nitrogen and oxygen atoms in total. The SMILES string of the molecule is Nc1c(Cl)ncnc1Nc1cccc(Cl)c1Br. The second-order valence-electron chi connectivity index (χ2n) is 3.15. The van der Waals surface area contributed by atoms with Crippen molar-refractivity contribution in [3.8, 4) is 0 Å². The Labute approximate surface area is 116 Å². The Kier molecular flexibility index (Phi) is 3.71. The summed E-state index contributed by atoms with van der Waals surface area (Å²) in [5.74, 6) is 0.438. The molecule has 0 bridgehead atoms. The predicted octanol–water partition coefficient (Wildman–Crippen LogP) is 3.87. The predicted molar refractivity (Wildman–Crippen MR) is 73.9 cm³/mol. The first kappa shape index (κ1) is 12.4. The van der Waals surface area contributed by atoms with Gasteiger partial charge in [0.05, 0.1) is 15.2 Å². The first-order valence-electron chi connectivity index (χ1n) is 4.56. The summed E-state index contributed by atoms with van der Waals surface area (Å²) < 4.78 is 0.732. The molecule has 2 rings (SSSR count). The van der Waals surface area contributed by atoms with E-state index in [1.807, 2.05) is 12.1 Å². The van der Waals surface area contributed by atoms with Crippen LogP contribution >= 0.6 is 39.1 Å². The van der Waals surface area contributed by atoms with Gasteiger partial charge in [0, 0.05) is 0 Å². The number of nitrogen functional groups attached to an aromatic ring is 1. The topological polar surface area (TPSA) is 63.8 Å². The Bertz CT molecular complexity index is 512. The molecule has 0 unspecified atom stereocenters. The normalized spacial score (nSPS) is 10.3. The standard InChI is InChI=1S/C10H7BrCl2N4/c11-7-5(12)2-1-3-6(7)17-10-8(14)9(13)15-4-16-10/h1-4H,14H2,(H,15,16,17). The summed E-state index contributed by atoms with van der Waals surface area (Å²) in [6, 6.07) is 5.42. The molecule has 2 aromatic rings.